The number of carbonyl (C=O) groups excluding carboxylic acids is 1. The molecule has 0 aliphatic carbocycles. The predicted molar refractivity (Wildman–Crippen MR) is 96.6 cm³/mol. The van der Waals surface area contributed by atoms with Crippen molar-refractivity contribution < 1.29 is 9.53 Å². The van der Waals surface area contributed by atoms with Gasteiger partial charge in [-0.05, 0) is 45.4 Å². The maximum atomic E-state index is 12.5. The molecular formula is C19H30N4O2. The molecule has 0 spiro atoms. The predicted octanol–water partition coefficient (Wildman–Crippen LogP) is 2.20. The van der Waals surface area contributed by atoms with Crippen molar-refractivity contribution >= 4 is 5.91 Å². The summed E-state index contributed by atoms with van der Waals surface area (Å²) in [4.78, 5) is 25.5. The average Bonchev–Trinajstić information content (AvgIpc) is 2.60. The first-order valence-corrected chi connectivity index (χ1v) is 9.48. The Kier molecular flexibility index (Phi) is 5.89. The van der Waals surface area contributed by atoms with Crippen LogP contribution in [0.1, 0.15) is 44.0 Å². The summed E-state index contributed by atoms with van der Waals surface area (Å²) < 4.78 is 6.05. The Bertz CT molecular complexity index is 591. The van der Waals surface area contributed by atoms with E-state index in [-0.39, 0.29) is 12.0 Å². The van der Waals surface area contributed by atoms with Crippen LogP contribution in [0.15, 0.2) is 6.20 Å². The number of amides is 1. The van der Waals surface area contributed by atoms with Gasteiger partial charge in [0, 0.05) is 32.4 Å². The van der Waals surface area contributed by atoms with E-state index < -0.39 is 0 Å². The van der Waals surface area contributed by atoms with Gasteiger partial charge in [0.25, 0.3) is 0 Å². The van der Waals surface area contributed by atoms with Crippen molar-refractivity contribution in [3.63, 3.8) is 0 Å². The van der Waals surface area contributed by atoms with Crippen molar-refractivity contribution in [3.05, 3.63) is 17.6 Å². The fourth-order valence-corrected chi connectivity index (χ4v) is 3.52. The molecule has 0 radical (unpaired) electrons. The van der Waals surface area contributed by atoms with Gasteiger partial charge < -0.3 is 9.64 Å². The Balaban J connectivity index is 1.44. The zero-order valence-electron chi connectivity index (χ0n) is 15.7. The Labute approximate surface area is 150 Å². The molecule has 2 fully saturated rings. The van der Waals surface area contributed by atoms with Crippen LogP contribution in [0.3, 0.4) is 0 Å². The molecule has 0 aromatic carbocycles. The molecule has 0 saturated carbocycles. The highest BCUT2D eigenvalue weighted by Crippen LogP contribution is 2.20. The standard InChI is InChI=1S/C19H30N4O2/c1-14-4-10-23(11-5-14)18(24)13-22-8-6-17(7-9-22)25-19-16(3)20-12-15(2)21-19/h12,14,17H,4-11,13H2,1-3H3. The van der Waals surface area contributed by atoms with Crippen LogP contribution in [0.4, 0.5) is 0 Å². The zero-order valence-corrected chi connectivity index (χ0v) is 15.7. The molecule has 1 aromatic rings. The summed E-state index contributed by atoms with van der Waals surface area (Å²) >= 11 is 0. The number of ether oxygens (including phenoxy) is 1. The van der Waals surface area contributed by atoms with Crippen molar-refractivity contribution in [2.45, 2.75) is 52.6 Å². The van der Waals surface area contributed by atoms with Gasteiger partial charge in [-0.15, -0.1) is 0 Å². The molecule has 6 heteroatoms. The summed E-state index contributed by atoms with van der Waals surface area (Å²) in [6.07, 6.45) is 6.06. The largest absolute Gasteiger partial charge is 0.473 e. The molecule has 2 saturated heterocycles. The number of rotatable bonds is 4. The number of carbonyl (C=O) groups is 1. The lowest BCUT2D eigenvalue weighted by molar-refractivity contribution is -0.134. The average molecular weight is 346 g/mol. The summed E-state index contributed by atoms with van der Waals surface area (Å²) in [5.41, 5.74) is 1.71. The van der Waals surface area contributed by atoms with E-state index in [1.54, 1.807) is 6.20 Å². The van der Waals surface area contributed by atoms with Gasteiger partial charge in [0.1, 0.15) is 6.10 Å². The molecule has 2 aliphatic heterocycles. The third-order valence-corrected chi connectivity index (χ3v) is 5.34. The normalized spacial score (nSPS) is 20.7. The molecule has 1 amide bonds. The molecule has 0 bridgehead atoms. The molecular weight excluding hydrogens is 316 g/mol. The van der Waals surface area contributed by atoms with Crippen LogP contribution in [-0.4, -0.2) is 64.5 Å². The molecule has 6 nitrogen and oxygen atoms in total. The zero-order chi connectivity index (χ0) is 17.8. The van der Waals surface area contributed by atoms with Gasteiger partial charge >= 0.3 is 0 Å². The van der Waals surface area contributed by atoms with Gasteiger partial charge in [-0.3, -0.25) is 14.7 Å². The van der Waals surface area contributed by atoms with E-state index in [9.17, 15) is 4.79 Å². The third kappa shape index (κ3) is 4.91. The number of hydrogen-bond acceptors (Lipinski definition) is 5. The van der Waals surface area contributed by atoms with Crippen molar-refractivity contribution in [2.75, 3.05) is 32.7 Å². The van der Waals surface area contributed by atoms with E-state index in [0.29, 0.717) is 12.4 Å². The Morgan fingerprint density at radius 2 is 1.84 bits per heavy atom. The highest BCUT2D eigenvalue weighted by atomic mass is 16.5. The lowest BCUT2D eigenvalue weighted by Crippen LogP contribution is -2.47. The number of nitrogens with zero attached hydrogens (tertiary/aromatic N) is 4. The van der Waals surface area contributed by atoms with Gasteiger partial charge in [-0.1, -0.05) is 6.92 Å². The number of aromatic nitrogens is 2. The first-order valence-electron chi connectivity index (χ1n) is 9.48. The first-order chi connectivity index (χ1) is 12.0. The van der Waals surface area contributed by atoms with E-state index in [0.717, 1.165) is 69.2 Å². The van der Waals surface area contributed by atoms with Crippen molar-refractivity contribution in [3.8, 4) is 5.88 Å². The lowest BCUT2D eigenvalue weighted by atomic mass is 9.99. The minimum Gasteiger partial charge on any atom is -0.473 e. The summed E-state index contributed by atoms with van der Waals surface area (Å²) in [5, 5.41) is 0. The van der Waals surface area contributed by atoms with Crippen LogP contribution in [0.25, 0.3) is 0 Å². The monoisotopic (exact) mass is 346 g/mol. The maximum Gasteiger partial charge on any atom is 0.236 e. The Hall–Kier alpha value is -1.69. The molecule has 138 valence electrons. The van der Waals surface area contributed by atoms with E-state index in [2.05, 4.69) is 21.8 Å². The quantitative estimate of drug-likeness (QED) is 0.836. The van der Waals surface area contributed by atoms with Crippen LogP contribution in [0.5, 0.6) is 5.88 Å². The molecule has 2 aliphatic rings. The van der Waals surface area contributed by atoms with Crippen LogP contribution in [0, 0.1) is 19.8 Å². The lowest BCUT2D eigenvalue weighted by Gasteiger charge is -2.35. The second-order valence-corrected chi connectivity index (χ2v) is 7.56. The summed E-state index contributed by atoms with van der Waals surface area (Å²) in [7, 11) is 0. The Morgan fingerprint density at radius 3 is 2.52 bits per heavy atom. The van der Waals surface area contributed by atoms with E-state index >= 15 is 0 Å². The highest BCUT2D eigenvalue weighted by molar-refractivity contribution is 5.78. The first kappa shape index (κ1) is 18.1. The number of aryl methyl sites for hydroxylation is 2. The molecule has 3 heterocycles. The fourth-order valence-electron chi connectivity index (χ4n) is 3.52. The smallest absolute Gasteiger partial charge is 0.236 e. The van der Waals surface area contributed by atoms with Crippen LogP contribution < -0.4 is 4.74 Å². The van der Waals surface area contributed by atoms with Gasteiger partial charge in [0.15, 0.2) is 0 Å². The van der Waals surface area contributed by atoms with Crippen molar-refractivity contribution in [1.29, 1.82) is 0 Å². The maximum absolute atomic E-state index is 12.5. The topological polar surface area (TPSA) is 58.6 Å². The summed E-state index contributed by atoms with van der Waals surface area (Å²) in [5.74, 6) is 1.69. The molecule has 0 unspecified atom stereocenters. The summed E-state index contributed by atoms with van der Waals surface area (Å²) in [6.45, 7) is 10.3. The molecule has 3 rings (SSSR count). The van der Waals surface area contributed by atoms with Crippen LogP contribution in [-0.2, 0) is 4.79 Å². The molecule has 0 atom stereocenters. The highest BCUT2D eigenvalue weighted by Gasteiger charge is 2.26. The van der Waals surface area contributed by atoms with Crippen molar-refractivity contribution in [1.82, 2.24) is 19.8 Å². The minimum absolute atomic E-state index is 0.164. The third-order valence-electron chi connectivity index (χ3n) is 5.34. The van der Waals surface area contributed by atoms with E-state index in [1.165, 1.54) is 0 Å². The number of piperidine rings is 2. The Morgan fingerprint density at radius 1 is 1.16 bits per heavy atom. The molecule has 0 N–H and O–H groups in total. The van der Waals surface area contributed by atoms with Gasteiger partial charge in [-0.25, -0.2) is 4.98 Å². The van der Waals surface area contributed by atoms with Gasteiger partial charge in [-0.2, -0.15) is 0 Å². The van der Waals surface area contributed by atoms with Crippen LogP contribution in [0.2, 0.25) is 0 Å². The van der Waals surface area contributed by atoms with E-state index in [1.807, 2.05) is 18.7 Å². The number of likely N-dealkylation sites (tertiary alicyclic amines) is 2. The second-order valence-electron chi connectivity index (χ2n) is 7.56. The van der Waals surface area contributed by atoms with Gasteiger partial charge in [0.2, 0.25) is 11.8 Å². The number of hydrogen-bond donors (Lipinski definition) is 0. The second kappa shape index (κ2) is 8.13. The van der Waals surface area contributed by atoms with Gasteiger partial charge in [0.05, 0.1) is 17.9 Å². The van der Waals surface area contributed by atoms with Crippen LogP contribution >= 0.6 is 0 Å². The summed E-state index contributed by atoms with van der Waals surface area (Å²) in [6, 6.07) is 0. The molecule has 25 heavy (non-hydrogen) atoms. The van der Waals surface area contributed by atoms with E-state index in [4.69, 9.17) is 4.74 Å². The fraction of sp³-hybridized carbons (Fsp3) is 0.737. The molecule has 1 aromatic heterocycles. The van der Waals surface area contributed by atoms with Crippen molar-refractivity contribution in [2.24, 2.45) is 5.92 Å². The SMILES string of the molecule is Cc1cnc(C)c(OC2CCN(CC(=O)N3CCC(C)CC3)CC2)n1. The minimum atomic E-state index is 0.164.